The number of pyridine rings is 1. The maximum Gasteiger partial charge on any atom is 0.0956 e. The summed E-state index contributed by atoms with van der Waals surface area (Å²) < 4.78 is 2.29. The van der Waals surface area contributed by atoms with E-state index in [1.54, 1.807) is 6.20 Å². The standard InChI is InChI=1S/C15H20N4/c1-15(6-3-2-4-7-15)19-11-18-10-14(19)12-9-17-8-5-13(12)16/h5,8-11H,2-4,6-7H2,1H3,(H2,16,17). The highest BCUT2D eigenvalue weighted by molar-refractivity contribution is 5.72. The molecule has 100 valence electrons. The van der Waals surface area contributed by atoms with E-state index in [2.05, 4.69) is 21.5 Å². The molecule has 1 aliphatic rings. The van der Waals surface area contributed by atoms with Gasteiger partial charge in [0.25, 0.3) is 0 Å². The van der Waals surface area contributed by atoms with Crippen LogP contribution in [0.3, 0.4) is 0 Å². The monoisotopic (exact) mass is 256 g/mol. The predicted molar refractivity (Wildman–Crippen MR) is 76.6 cm³/mol. The molecule has 0 radical (unpaired) electrons. The Labute approximate surface area is 113 Å². The topological polar surface area (TPSA) is 56.7 Å². The third kappa shape index (κ3) is 2.11. The molecule has 1 aliphatic carbocycles. The number of nitrogens with two attached hydrogens (primary N) is 1. The summed E-state index contributed by atoms with van der Waals surface area (Å²) in [5.41, 5.74) is 9.05. The Balaban J connectivity index is 2.06. The molecule has 0 aliphatic heterocycles. The maximum absolute atomic E-state index is 6.07. The minimum atomic E-state index is 0.159. The molecule has 19 heavy (non-hydrogen) atoms. The van der Waals surface area contributed by atoms with Crippen molar-refractivity contribution in [3.05, 3.63) is 31.0 Å². The van der Waals surface area contributed by atoms with Crippen LogP contribution in [0.2, 0.25) is 0 Å². The van der Waals surface area contributed by atoms with Gasteiger partial charge < -0.3 is 10.3 Å². The van der Waals surface area contributed by atoms with Gasteiger partial charge in [-0.05, 0) is 25.8 Å². The van der Waals surface area contributed by atoms with E-state index in [1.165, 1.54) is 32.1 Å². The van der Waals surface area contributed by atoms with Gasteiger partial charge in [-0.15, -0.1) is 0 Å². The third-order valence-electron chi connectivity index (χ3n) is 4.28. The van der Waals surface area contributed by atoms with Crippen LogP contribution in [-0.4, -0.2) is 14.5 Å². The Kier molecular flexibility index (Phi) is 3.01. The molecule has 2 aromatic rings. The zero-order valence-electron chi connectivity index (χ0n) is 11.3. The van der Waals surface area contributed by atoms with Crippen molar-refractivity contribution in [3.8, 4) is 11.3 Å². The Hall–Kier alpha value is -1.84. The third-order valence-corrected chi connectivity index (χ3v) is 4.28. The minimum Gasteiger partial charge on any atom is -0.398 e. The molecule has 4 nitrogen and oxygen atoms in total. The fourth-order valence-electron chi connectivity index (χ4n) is 3.10. The zero-order valence-corrected chi connectivity index (χ0v) is 11.3. The molecule has 0 bridgehead atoms. The van der Waals surface area contributed by atoms with E-state index in [-0.39, 0.29) is 5.54 Å². The first-order valence-corrected chi connectivity index (χ1v) is 6.93. The van der Waals surface area contributed by atoms with Gasteiger partial charge in [0.15, 0.2) is 0 Å². The molecule has 4 heteroatoms. The van der Waals surface area contributed by atoms with E-state index < -0.39 is 0 Å². The smallest absolute Gasteiger partial charge is 0.0956 e. The fourth-order valence-corrected chi connectivity index (χ4v) is 3.10. The van der Waals surface area contributed by atoms with E-state index in [1.807, 2.05) is 24.8 Å². The average molecular weight is 256 g/mol. The number of nitrogens with zero attached hydrogens (tertiary/aromatic N) is 3. The number of imidazole rings is 1. The first-order chi connectivity index (χ1) is 9.21. The average Bonchev–Trinajstić information content (AvgIpc) is 2.90. The lowest BCUT2D eigenvalue weighted by atomic mass is 9.83. The van der Waals surface area contributed by atoms with Crippen LogP contribution in [0.1, 0.15) is 39.0 Å². The van der Waals surface area contributed by atoms with Crippen LogP contribution in [0.25, 0.3) is 11.3 Å². The summed E-state index contributed by atoms with van der Waals surface area (Å²) in [6.07, 6.45) is 13.7. The van der Waals surface area contributed by atoms with Gasteiger partial charge in [0.1, 0.15) is 0 Å². The van der Waals surface area contributed by atoms with Crippen molar-refractivity contribution < 1.29 is 0 Å². The van der Waals surface area contributed by atoms with E-state index in [0.29, 0.717) is 0 Å². The van der Waals surface area contributed by atoms with Gasteiger partial charge in [-0.25, -0.2) is 4.98 Å². The number of aromatic nitrogens is 3. The van der Waals surface area contributed by atoms with E-state index in [9.17, 15) is 0 Å². The Morgan fingerprint density at radius 2 is 1.95 bits per heavy atom. The fraction of sp³-hybridized carbons (Fsp3) is 0.467. The van der Waals surface area contributed by atoms with Crippen molar-refractivity contribution >= 4 is 5.69 Å². The molecule has 0 unspecified atom stereocenters. The minimum absolute atomic E-state index is 0.159. The lowest BCUT2D eigenvalue weighted by Crippen LogP contribution is -2.32. The van der Waals surface area contributed by atoms with E-state index >= 15 is 0 Å². The summed E-state index contributed by atoms with van der Waals surface area (Å²) in [5.74, 6) is 0. The van der Waals surface area contributed by atoms with Crippen LogP contribution in [0, 0.1) is 0 Å². The molecular formula is C15H20N4. The van der Waals surface area contributed by atoms with Crippen molar-refractivity contribution in [2.75, 3.05) is 5.73 Å². The molecule has 1 fully saturated rings. The van der Waals surface area contributed by atoms with Crippen molar-refractivity contribution in [3.63, 3.8) is 0 Å². The summed E-state index contributed by atoms with van der Waals surface area (Å²) in [4.78, 5) is 8.53. The van der Waals surface area contributed by atoms with E-state index in [4.69, 9.17) is 5.73 Å². The van der Waals surface area contributed by atoms with Crippen LogP contribution in [0.15, 0.2) is 31.0 Å². The summed E-state index contributed by atoms with van der Waals surface area (Å²) >= 11 is 0. The van der Waals surface area contributed by atoms with Crippen LogP contribution in [-0.2, 0) is 5.54 Å². The second kappa shape index (κ2) is 4.68. The normalized spacial score (nSPS) is 18.4. The molecular weight excluding hydrogens is 236 g/mol. The number of hydrogen-bond donors (Lipinski definition) is 1. The largest absolute Gasteiger partial charge is 0.398 e. The molecule has 2 aromatic heterocycles. The molecule has 2 heterocycles. The summed E-state index contributed by atoms with van der Waals surface area (Å²) in [7, 11) is 0. The number of rotatable bonds is 2. The van der Waals surface area contributed by atoms with Gasteiger partial charge in [0.2, 0.25) is 0 Å². The molecule has 3 rings (SSSR count). The highest BCUT2D eigenvalue weighted by atomic mass is 15.1. The summed E-state index contributed by atoms with van der Waals surface area (Å²) in [5, 5.41) is 0. The van der Waals surface area contributed by atoms with Crippen LogP contribution < -0.4 is 5.73 Å². The SMILES string of the molecule is CC1(n2cncc2-c2cnccc2N)CCCCC1. The number of nitrogen functional groups attached to an aromatic ring is 1. The molecule has 0 atom stereocenters. The Morgan fingerprint density at radius 1 is 1.16 bits per heavy atom. The summed E-state index contributed by atoms with van der Waals surface area (Å²) in [6.45, 7) is 2.32. The van der Waals surface area contributed by atoms with E-state index in [0.717, 1.165) is 16.9 Å². The van der Waals surface area contributed by atoms with Gasteiger partial charge in [-0.1, -0.05) is 19.3 Å². The molecule has 0 spiro atoms. The van der Waals surface area contributed by atoms with Crippen LogP contribution in [0.4, 0.5) is 5.69 Å². The first kappa shape index (κ1) is 12.2. The molecule has 2 N–H and O–H groups in total. The van der Waals surface area contributed by atoms with Gasteiger partial charge in [0, 0.05) is 29.2 Å². The molecule has 0 aromatic carbocycles. The molecule has 1 saturated carbocycles. The highest BCUT2D eigenvalue weighted by Crippen LogP contribution is 2.38. The van der Waals surface area contributed by atoms with Gasteiger partial charge in [0.05, 0.1) is 18.2 Å². The quantitative estimate of drug-likeness (QED) is 0.897. The van der Waals surface area contributed by atoms with Gasteiger partial charge >= 0.3 is 0 Å². The van der Waals surface area contributed by atoms with Crippen molar-refractivity contribution in [1.29, 1.82) is 0 Å². The van der Waals surface area contributed by atoms with Crippen LogP contribution >= 0.6 is 0 Å². The van der Waals surface area contributed by atoms with Crippen molar-refractivity contribution in [2.45, 2.75) is 44.6 Å². The predicted octanol–water partition coefficient (Wildman–Crippen LogP) is 3.21. The number of anilines is 1. The van der Waals surface area contributed by atoms with Gasteiger partial charge in [-0.2, -0.15) is 0 Å². The highest BCUT2D eigenvalue weighted by Gasteiger charge is 2.30. The Morgan fingerprint density at radius 3 is 2.68 bits per heavy atom. The first-order valence-electron chi connectivity index (χ1n) is 6.93. The lowest BCUT2D eigenvalue weighted by Gasteiger charge is -2.36. The Bertz CT molecular complexity index is 567. The zero-order chi connectivity index (χ0) is 13.3. The maximum atomic E-state index is 6.07. The number of hydrogen-bond acceptors (Lipinski definition) is 3. The second-order valence-corrected chi connectivity index (χ2v) is 5.67. The van der Waals surface area contributed by atoms with Gasteiger partial charge in [-0.3, -0.25) is 4.98 Å². The lowest BCUT2D eigenvalue weighted by molar-refractivity contribution is 0.221. The van der Waals surface area contributed by atoms with Crippen molar-refractivity contribution in [2.24, 2.45) is 0 Å². The molecule has 0 amide bonds. The second-order valence-electron chi connectivity index (χ2n) is 5.67. The summed E-state index contributed by atoms with van der Waals surface area (Å²) in [6, 6.07) is 1.84. The van der Waals surface area contributed by atoms with Crippen molar-refractivity contribution in [1.82, 2.24) is 14.5 Å². The molecule has 0 saturated heterocycles. The van der Waals surface area contributed by atoms with Crippen LogP contribution in [0.5, 0.6) is 0 Å².